The van der Waals surface area contributed by atoms with Crippen LogP contribution in [0.2, 0.25) is 0 Å². The van der Waals surface area contributed by atoms with Gasteiger partial charge in [0.05, 0.1) is 0 Å². The summed E-state index contributed by atoms with van der Waals surface area (Å²) < 4.78 is 0. The van der Waals surface area contributed by atoms with E-state index in [0.717, 1.165) is 0 Å². The first-order chi connectivity index (χ1) is 4.24. The molecule has 0 aliphatic carbocycles. The fourth-order valence-corrected chi connectivity index (χ4v) is 0. The predicted octanol–water partition coefficient (Wildman–Crippen LogP) is 3.69. The molecular formula is C9H21Sc. The third kappa shape index (κ3) is 726. The van der Waals surface area contributed by atoms with Gasteiger partial charge in [0.2, 0.25) is 0 Å². The maximum Gasteiger partial charge on any atom is 3.00 e. The third-order valence-corrected chi connectivity index (χ3v) is 0. The van der Waals surface area contributed by atoms with Crippen molar-refractivity contribution in [1.29, 1.82) is 0 Å². The van der Waals surface area contributed by atoms with Crippen molar-refractivity contribution in [2.24, 2.45) is 0 Å². The van der Waals surface area contributed by atoms with Crippen molar-refractivity contribution in [1.82, 2.24) is 0 Å². The molecule has 0 aliphatic rings. The molecule has 1 heteroatoms. The van der Waals surface area contributed by atoms with Crippen LogP contribution in [0.5, 0.6) is 0 Å². The number of hydrogen-bond acceptors (Lipinski definition) is 0. The maximum atomic E-state index is 2.00. The van der Waals surface area contributed by atoms with Crippen LogP contribution < -0.4 is 0 Å². The van der Waals surface area contributed by atoms with E-state index in [-0.39, 0.29) is 25.8 Å². The second kappa shape index (κ2) is 51.8. The summed E-state index contributed by atoms with van der Waals surface area (Å²) in [5.74, 6) is 0. The van der Waals surface area contributed by atoms with Gasteiger partial charge in [0, 0.05) is 0 Å². The van der Waals surface area contributed by atoms with Gasteiger partial charge in [-0.25, -0.2) is 0 Å². The third-order valence-electron chi connectivity index (χ3n) is 0. The molecule has 60 valence electrons. The van der Waals surface area contributed by atoms with Gasteiger partial charge < -0.3 is 19.3 Å². The Labute approximate surface area is 86.6 Å². The molecule has 0 atom stereocenters. The Balaban J connectivity index is -0.0000000257. The van der Waals surface area contributed by atoms with E-state index in [2.05, 4.69) is 0 Å². The minimum absolute atomic E-state index is 0. The van der Waals surface area contributed by atoms with Crippen molar-refractivity contribution in [2.45, 2.75) is 41.5 Å². The molecule has 0 nitrogen and oxygen atoms in total. The van der Waals surface area contributed by atoms with Crippen LogP contribution in [0.4, 0.5) is 0 Å². The van der Waals surface area contributed by atoms with Crippen LogP contribution >= 0.6 is 0 Å². The summed E-state index contributed by atoms with van der Waals surface area (Å²) >= 11 is 0. The second-order valence-corrected chi connectivity index (χ2v) is 1.73. The van der Waals surface area contributed by atoms with Crippen molar-refractivity contribution in [3.63, 3.8) is 0 Å². The van der Waals surface area contributed by atoms with Gasteiger partial charge in [0.15, 0.2) is 0 Å². The van der Waals surface area contributed by atoms with Gasteiger partial charge in [-0.2, -0.15) is 41.5 Å². The summed E-state index contributed by atoms with van der Waals surface area (Å²) in [5.41, 5.74) is 0. The quantitative estimate of drug-likeness (QED) is 0.491. The van der Waals surface area contributed by atoms with Gasteiger partial charge in [0.1, 0.15) is 0 Å². The molecule has 0 spiro atoms. The predicted molar refractivity (Wildman–Crippen MR) is 46.9 cm³/mol. The summed E-state index contributed by atoms with van der Waals surface area (Å²) in [6, 6.07) is 0. The van der Waals surface area contributed by atoms with Crippen molar-refractivity contribution < 1.29 is 25.8 Å². The van der Waals surface area contributed by atoms with Crippen molar-refractivity contribution in [3.05, 3.63) is 19.3 Å². The molecular weight excluding hydrogens is 153 g/mol. The Morgan fingerprint density at radius 2 is 0.500 bits per heavy atom. The summed E-state index contributed by atoms with van der Waals surface area (Å²) in [6.07, 6.45) is 6.00. The molecule has 0 radical (unpaired) electrons. The molecule has 0 rings (SSSR count). The fraction of sp³-hybridized carbons (Fsp3) is 0.667. The first-order valence-corrected chi connectivity index (χ1v) is 3.46. The van der Waals surface area contributed by atoms with Crippen LogP contribution in [0.25, 0.3) is 0 Å². The zero-order valence-electron chi connectivity index (χ0n) is 8.31. The molecule has 0 aromatic carbocycles. The summed E-state index contributed by atoms with van der Waals surface area (Å²) in [5, 5.41) is 0. The SMILES string of the molecule is C[CH-]C.C[CH-]C.C[CH-]C.[Sc+3]. The second-order valence-electron chi connectivity index (χ2n) is 1.73. The first-order valence-electron chi connectivity index (χ1n) is 3.46. The van der Waals surface area contributed by atoms with Crippen LogP contribution in [0.15, 0.2) is 0 Å². The normalized spacial score (nSPS) is 5.40. The van der Waals surface area contributed by atoms with Crippen LogP contribution in [0.3, 0.4) is 0 Å². The first kappa shape index (κ1) is 22.4. The molecule has 0 saturated carbocycles. The summed E-state index contributed by atoms with van der Waals surface area (Å²) in [7, 11) is 0. The van der Waals surface area contributed by atoms with Crippen molar-refractivity contribution in [3.8, 4) is 0 Å². The molecule has 0 bridgehead atoms. The van der Waals surface area contributed by atoms with E-state index in [4.69, 9.17) is 0 Å². The van der Waals surface area contributed by atoms with E-state index in [0.29, 0.717) is 0 Å². The van der Waals surface area contributed by atoms with E-state index in [1.54, 1.807) is 0 Å². The van der Waals surface area contributed by atoms with Crippen LogP contribution in [-0.2, 0) is 25.8 Å². The van der Waals surface area contributed by atoms with E-state index in [1.807, 2.05) is 60.8 Å². The Morgan fingerprint density at radius 1 is 0.500 bits per heavy atom. The molecule has 0 N–H and O–H groups in total. The van der Waals surface area contributed by atoms with Crippen molar-refractivity contribution >= 4 is 0 Å². The van der Waals surface area contributed by atoms with Crippen LogP contribution in [-0.4, -0.2) is 0 Å². The molecule has 10 heavy (non-hydrogen) atoms. The van der Waals surface area contributed by atoms with E-state index in [9.17, 15) is 0 Å². The van der Waals surface area contributed by atoms with Gasteiger partial charge in [-0.05, 0) is 0 Å². The minimum atomic E-state index is 0. The van der Waals surface area contributed by atoms with Crippen LogP contribution in [0, 0.1) is 19.3 Å². The molecule has 0 heterocycles. The molecule has 0 saturated heterocycles. The van der Waals surface area contributed by atoms with Crippen LogP contribution in [0.1, 0.15) is 41.5 Å². The summed E-state index contributed by atoms with van der Waals surface area (Å²) in [6.45, 7) is 12.0. The Morgan fingerprint density at radius 3 is 0.500 bits per heavy atom. The molecule has 0 amide bonds. The molecule has 0 aliphatic heterocycles. The zero-order chi connectivity index (χ0) is 8.12. The van der Waals surface area contributed by atoms with Gasteiger partial charge >= 0.3 is 25.8 Å². The average Bonchev–Trinajstić information content (AvgIpc) is 1.70. The zero-order valence-corrected chi connectivity index (χ0v) is 10.1. The van der Waals surface area contributed by atoms with Gasteiger partial charge in [0.25, 0.3) is 0 Å². The van der Waals surface area contributed by atoms with Gasteiger partial charge in [-0.1, -0.05) is 0 Å². The Kier molecular flexibility index (Phi) is 116. The molecule has 0 fully saturated rings. The average molecular weight is 174 g/mol. The maximum absolute atomic E-state index is 2.00. The number of hydrogen-bond donors (Lipinski definition) is 0. The standard InChI is InChI=1S/3C3H7.Sc/c3*1-3-2;/h3*3H,1-2H3;/q3*-1;+3. The van der Waals surface area contributed by atoms with Crippen molar-refractivity contribution in [2.75, 3.05) is 0 Å². The topological polar surface area (TPSA) is 0 Å². The molecule has 0 aromatic heterocycles. The van der Waals surface area contributed by atoms with E-state index >= 15 is 0 Å². The Hall–Kier alpha value is 0.870. The Bertz CT molecular complexity index is 9.44. The molecule has 0 aromatic rings. The largest absolute Gasteiger partial charge is 3.00 e. The van der Waals surface area contributed by atoms with E-state index < -0.39 is 0 Å². The van der Waals surface area contributed by atoms with Gasteiger partial charge in [-0.15, -0.1) is 0 Å². The van der Waals surface area contributed by atoms with Gasteiger partial charge in [-0.3, -0.25) is 0 Å². The van der Waals surface area contributed by atoms with E-state index in [1.165, 1.54) is 0 Å². The fourth-order valence-electron chi connectivity index (χ4n) is 0. The number of rotatable bonds is 0. The minimum Gasteiger partial charge on any atom is -0.335 e. The smallest absolute Gasteiger partial charge is 0.335 e. The molecule has 0 unspecified atom stereocenters. The summed E-state index contributed by atoms with van der Waals surface area (Å²) in [4.78, 5) is 0. The monoisotopic (exact) mass is 174 g/mol.